The van der Waals surface area contributed by atoms with E-state index in [0.717, 1.165) is 5.56 Å². The van der Waals surface area contributed by atoms with Crippen LogP contribution < -0.4 is 14.8 Å². The largest absolute Gasteiger partial charge is 0.493 e. The Morgan fingerprint density at radius 3 is 2.54 bits per heavy atom. The van der Waals surface area contributed by atoms with Crippen LogP contribution in [0.5, 0.6) is 11.5 Å². The smallest absolute Gasteiger partial charge is 0.311 e. The summed E-state index contributed by atoms with van der Waals surface area (Å²) in [6.07, 6.45) is 1.04. The van der Waals surface area contributed by atoms with E-state index in [-0.39, 0.29) is 29.7 Å². The summed E-state index contributed by atoms with van der Waals surface area (Å²) < 4.78 is 16.4. The topological polar surface area (TPSA) is 98.0 Å². The Bertz CT molecular complexity index is 839. The van der Waals surface area contributed by atoms with Crippen LogP contribution in [0.4, 0.5) is 0 Å². The van der Waals surface area contributed by atoms with Crippen LogP contribution in [0.2, 0.25) is 0 Å². The summed E-state index contributed by atoms with van der Waals surface area (Å²) in [6.45, 7) is 8.25. The molecule has 7 nitrogen and oxygen atoms in total. The molecule has 0 saturated heterocycles. The van der Waals surface area contributed by atoms with Crippen LogP contribution in [0.3, 0.4) is 0 Å². The predicted octanol–water partition coefficient (Wildman–Crippen LogP) is 3.75. The van der Waals surface area contributed by atoms with Crippen molar-refractivity contribution < 1.29 is 28.6 Å². The van der Waals surface area contributed by atoms with Gasteiger partial charge in [-0.3, -0.25) is 9.59 Å². The Kier molecular flexibility index (Phi) is 7.09. The minimum absolute atomic E-state index is 0.143. The SMILES string of the molecule is COc1cc(C(C)NC(=O)c2c(C)coc2CC(=O)O)ccc1OCC(C)C. The molecule has 0 aliphatic rings. The van der Waals surface area contributed by atoms with Crippen LogP contribution >= 0.6 is 0 Å². The highest BCUT2D eigenvalue weighted by molar-refractivity contribution is 5.97. The first-order chi connectivity index (χ1) is 13.2. The van der Waals surface area contributed by atoms with Gasteiger partial charge in [-0.1, -0.05) is 19.9 Å². The fourth-order valence-corrected chi connectivity index (χ4v) is 2.75. The maximum Gasteiger partial charge on any atom is 0.311 e. The van der Waals surface area contributed by atoms with Gasteiger partial charge in [-0.05, 0) is 37.5 Å². The van der Waals surface area contributed by atoms with Crippen molar-refractivity contribution in [2.24, 2.45) is 5.92 Å². The highest BCUT2D eigenvalue weighted by atomic mass is 16.5. The first-order valence-corrected chi connectivity index (χ1v) is 9.13. The van der Waals surface area contributed by atoms with Gasteiger partial charge in [0.2, 0.25) is 0 Å². The number of aryl methyl sites for hydroxylation is 1. The van der Waals surface area contributed by atoms with Crippen LogP contribution in [-0.4, -0.2) is 30.7 Å². The average molecular weight is 389 g/mol. The summed E-state index contributed by atoms with van der Waals surface area (Å²) in [5, 5.41) is 11.9. The zero-order chi connectivity index (χ0) is 20.8. The molecule has 2 rings (SSSR count). The third-order valence-corrected chi connectivity index (χ3v) is 4.20. The normalized spacial score (nSPS) is 11.9. The van der Waals surface area contributed by atoms with Crippen molar-refractivity contribution in [1.29, 1.82) is 0 Å². The van der Waals surface area contributed by atoms with Crippen LogP contribution in [0.15, 0.2) is 28.9 Å². The molecule has 1 aromatic heterocycles. The Balaban J connectivity index is 2.16. The second-order valence-corrected chi connectivity index (χ2v) is 7.10. The molecule has 0 aliphatic carbocycles. The van der Waals surface area contributed by atoms with Gasteiger partial charge in [0.25, 0.3) is 5.91 Å². The van der Waals surface area contributed by atoms with Crippen LogP contribution in [0, 0.1) is 12.8 Å². The Labute approximate surface area is 164 Å². The molecular formula is C21H27NO6. The fraction of sp³-hybridized carbons (Fsp3) is 0.429. The second kappa shape index (κ2) is 9.30. The first-order valence-electron chi connectivity index (χ1n) is 9.13. The third-order valence-electron chi connectivity index (χ3n) is 4.20. The van der Waals surface area contributed by atoms with E-state index in [1.54, 1.807) is 14.0 Å². The molecule has 28 heavy (non-hydrogen) atoms. The van der Waals surface area contributed by atoms with Gasteiger partial charge < -0.3 is 24.3 Å². The van der Waals surface area contributed by atoms with Crippen LogP contribution in [0.25, 0.3) is 0 Å². The number of carbonyl (C=O) groups excluding carboxylic acids is 1. The number of furan rings is 1. The average Bonchev–Trinajstić information content (AvgIpc) is 2.99. The molecule has 0 aliphatic heterocycles. The van der Waals surface area contributed by atoms with Gasteiger partial charge in [-0.25, -0.2) is 0 Å². The maximum atomic E-state index is 12.7. The number of hydrogen-bond acceptors (Lipinski definition) is 5. The molecule has 2 N–H and O–H groups in total. The molecule has 0 bridgehead atoms. The summed E-state index contributed by atoms with van der Waals surface area (Å²) >= 11 is 0. The van der Waals surface area contributed by atoms with Gasteiger partial charge in [0.15, 0.2) is 11.5 Å². The van der Waals surface area contributed by atoms with Crippen molar-refractivity contribution in [1.82, 2.24) is 5.32 Å². The van der Waals surface area contributed by atoms with Crippen molar-refractivity contribution in [2.75, 3.05) is 13.7 Å². The lowest BCUT2D eigenvalue weighted by Gasteiger charge is -2.18. The number of carboxylic acid groups (broad SMARTS) is 1. The number of nitrogens with one attached hydrogen (secondary N) is 1. The van der Waals surface area contributed by atoms with E-state index in [0.29, 0.717) is 29.6 Å². The molecule has 0 saturated carbocycles. The zero-order valence-corrected chi connectivity index (χ0v) is 16.9. The molecule has 1 heterocycles. The molecular weight excluding hydrogens is 362 g/mol. The monoisotopic (exact) mass is 389 g/mol. The quantitative estimate of drug-likeness (QED) is 0.678. The van der Waals surface area contributed by atoms with E-state index in [9.17, 15) is 9.59 Å². The van der Waals surface area contributed by atoms with E-state index >= 15 is 0 Å². The predicted molar refractivity (Wildman–Crippen MR) is 104 cm³/mol. The van der Waals surface area contributed by atoms with E-state index < -0.39 is 5.97 Å². The van der Waals surface area contributed by atoms with Gasteiger partial charge in [-0.2, -0.15) is 0 Å². The van der Waals surface area contributed by atoms with Crippen molar-refractivity contribution >= 4 is 11.9 Å². The number of hydrogen-bond donors (Lipinski definition) is 2. The lowest BCUT2D eigenvalue weighted by Crippen LogP contribution is -2.28. The van der Waals surface area contributed by atoms with E-state index in [4.69, 9.17) is 19.0 Å². The van der Waals surface area contributed by atoms with Gasteiger partial charge in [0, 0.05) is 5.56 Å². The summed E-state index contributed by atoms with van der Waals surface area (Å²) in [7, 11) is 1.57. The van der Waals surface area contributed by atoms with Crippen molar-refractivity contribution in [3.8, 4) is 11.5 Å². The number of carbonyl (C=O) groups is 2. The van der Waals surface area contributed by atoms with Crippen LogP contribution in [0.1, 0.15) is 54.1 Å². The molecule has 1 amide bonds. The van der Waals surface area contributed by atoms with Gasteiger partial charge in [0.05, 0.1) is 31.6 Å². The fourth-order valence-electron chi connectivity index (χ4n) is 2.75. The highest BCUT2D eigenvalue weighted by Gasteiger charge is 2.22. The highest BCUT2D eigenvalue weighted by Crippen LogP contribution is 2.31. The molecule has 2 aromatic rings. The first kappa shape index (κ1) is 21.3. The number of rotatable bonds is 9. The lowest BCUT2D eigenvalue weighted by atomic mass is 10.1. The summed E-state index contributed by atoms with van der Waals surface area (Å²) in [5.74, 6) is 0.330. The Morgan fingerprint density at radius 1 is 1.21 bits per heavy atom. The van der Waals surface area contributed by atoms with Gasteiger partial charge in [0.1, 0.15) is 12.2 Å². The molecule has 7 heteroatoms. The standard InChI is InChI=1S/C21H27NO6/c1-12(2)10-27-16-7-6-15(8-17(16)26-5)14(4)22-21(25)20-13(3)11-28-18(20)9-19(23)24/h6-8,11-12,14H,9-10H2,1-5H3,(H,22,25)(H,23,24). The van der Waals surface area contributed by atoms with Gasteiger partial charge >= 0.3 is 5.97 Å². The van der Waals surface area contributed by atoms with E-state index in [1.807, 2.05) is 25.1 Å². The molecule has 1 aromatic carbocycles. The van der Waals surface area contributed by atoms with Crippen molar-refractivity contribution in [2.45, 2.75) is 40.2 Å². The summed E-state index contributed by atoms with van der Waals surface area (Å²) in [5.41, 5.74) is 1.69. The number of ether oxygens (including phenoxy) is 2. The molecule has 152 valence electrons. The third kappa shape index (κ3) is 5.28. The van der Waals surface area contributed by atoms with Crippen molar-refractivity contribution in [3.63, 3.8) is 0 Å². The lowest BCUT2D eigenvalue weighted by molar-refractivity contribution is -0.136. The van der Waals surface area contributed by atoms with E-state index in [1.165, 1.54) is 6.26 Å². The number of carboxylic acids is 1. The van der Waals surface area contributed by atoms with Crippen molar-refractivity contribution in [3.05, 3.63) is 46.9 Å². The zero-order valence-electron chi connectivity index (χ0n) is 16.9. The summed E-state index contributed by atoms with van der Waals surface area (Å²) in [4.78, 5) is 23.7. The minimum Gasteiger partial charge on any atom is -0.493 e. The van der Waals surface area contributed by atoms with E-state index in [2.05, 4.69) is 19.2 Å². The second-order valence-electron chi connectivity index (χ2n) is 7.10. The Morgan fingerprint density at radius 2 is 1.93 bits per heavy atom. The molecule has 0 radical (unpaired) electrons. The molecule has 0 fully saturated rings. The Hall–Kier alpha value is -2.96. The number of aliphatic carboxylic acids is 1. The van der Waals surface area contributed by atoms with Gasteiger partial charge in [-0.15, -0.1) is 0 Å². The molecule has 1 atom stereocenters. The molecule has 0 spiro atoms. The number of methoxy groups -OCH3 is 1. The van der Waals surface area contributed by atoms with Crippen LogP contribution in [-0.2, 0) is 11.2 Å². The summed E-state index contributed by atoms with van der Waals surface area (Å²) in [6, 6.07) is 5.18. The number of benzene rings is 1. The number of amides is 1. The maximum absolute atomic E-state index is 12.7. The molecule has 1 unspecified atom stereocenters. The minimum atomic E-state index is -1.06.